The smallest absolute Gasteiger partial charge is 0.251 e. The van der Waals surface area contributed by atoms with E-state index in [9.17, 15) is 13.2 Å². The van der Waals surface area contributed by atoms with Crippen LogP contribution in [0.2, 0.25) is 0 Å². The first-order chi connectivity index (χ1) is 12.1. The van der Waals surface area contributed by atoms with Gasteiger partial charge in [0.2, 0.25) is 10.0 Å². The Kier molecular flexibility index (Phi) is 6.06. The second-order valence-electron chi connectivity index (χ2n) is 6.24. The average Bonchev–Trinajstić information content (AvgIpc) is 2.99. The van der Waals surface area contributed by atoms with Crippen molar-refractivity contribution in [3.05, 3.63) is 29.8 Å². The van der Waals surface area contributed by atoms with Crippen molar-refractivity contribution in [1.82, 2.24) is 9.62 Å². The zero-order chi connectivity index (χ0) is 17.7. The molecule has 0 spiro atoms. The van der Waals surface area contributed by atoms with Crippen LogP contribution in [0.1, 0.15) is 29.6 Å². The Labute approximate surface area is 148 Å². The average molecular weight is 368 g/mol. The molecule has 1 aromatic rings. The molecule has 2 aliphatic rings. The monoisotopic (exact) mass is 368 g/mol. The van der Waals surface area contributed by atoms with Gasteiger partial charge in [-0.3, -0.25) is 4.79 Å². The largest absolute Gasteiger partial charge is 0.380 e. The van der Waals surface area contributed by atoms with Gasteiger partial charge in [0.1, 0.15) is 0 Å². The maximum absolute atomic E-state index is 12.8. The van der Waals surface area contributed by atoms with E-state index in [0.717, 1.165) is 19.4 Å². The van der Waals surface area contributed by atoms with Gasteiger partial charge >= 0.3 is 0 Å². The fraction of sp³-hybridized carbons (Fsp3) is 0.588. The molecule has 2 aliphatic heterocycles. The van der Waals surface area contributed by atoms with Crippen molar-refractivity contribution >= 4 is 15.9 Å². The van der Waals surface area contributed by atoms with Gasteiger partial charge in [-0.1, -0.05) is 6.07 Å². The van der Waals surface area contributed by atoms with E-state index in [4.69, 9.17) is 9.47 Å². The summed E-state index contributed by atoms with van der Waals surface area (Å²) in [5.41, 5.74) is 0.338. The molecule has 7 nitrogen and oxygen atoms in total. The molecule has 138 valence electrons. The van der Waals surface area contributed by atoms with Crippen LogP contribution in [-0.4, -0.2) is 64.2 Å². The van der Waals surface area contributed by atoms with E-state index in [0.29, 0.717) is 44.8 Å². The van der Waals surface area contributed by atoms with Gasteiger partial charge in [0.15, 0.2) is 0 Å². The minimum atomic E-state index is -3.62. The third-order valence-corrected chi connectivity index (χ3v) is 6.32. The molecular formula is C17H24N2O5S. The molecule has 0 bridgehead atoms. The zero-order valence-electron chi connectivity index (χ0n) is 14.1. The maximum atomic E-state index is 12.8. The van der Waals surface area contributed by atoms with Crippen molar-refractivity contribution in [3.8, 4) is 0 Å². The molecule has 1 amide bonds. The summed E-state index contributed by atoms with van der Waals surface area (Å²) in [6, 6.07) is 6.18. The molecule has 8 heteroatoms. The predicted octanol–water partition coefficient (Wildman–Crippen LogP) is 1.01. The summed E-state index contributed by atoms with van der Waals surface area (Å²) < 4.78 is 37.8. The fourth-order valence-corrected chi connectivity index (χ4v) is 4.53. The molecule has 2 saturated heterocycles. The van der Waals surface area contributed by atoms with Gasteiger partial charge < -0.3 is 14.8 Å². The molecule has 0 aromatic heterocycles. The van der Waals surface area contributed by atoms with Crippen LogP contribution in [0.25, 0.3) is 0 Å². The van der Waals surface area contributed by atoms with Gasteiger partial charge in [-0.25, -0.2) is 8.42 Å². The summed E-state index contributed by atoms with van der Waals surface area (Å²) in [5, 5.41) is 2.82. The number of sulfonamides is 1. The van der Waals surface area contributed by atoms with Gasteiger partial charge in [-0.05, 0) is 37.5 Å². The number of rotatable bonds is 5. The number of nitrogens with one attached hydrogen (secondary N) is 1. The van der Waals surface area contributed by atoms with Gasteiger partial charge in [-0.15, -0.1) is 0 Å². The summed E-state index contributed by atoms with van der Waals surface area (Å²) in [5.74, 6) is -0.285. The van der Waals surface area contributed by atoms with E-state index >= 15 is 0 Å². The topological polar surface area (TPSA) is 84.9 Å². The Morgan fingerprint density at radius 1 is 1.20 bits per heavy atom. The Morgan fingerprint density at radius 3 is 2.88 bits per heavy atom. The van der Waals surface area contributed by atoms with Crippen molar-refractivity contribution in [2.45, 2.75) is 30.3 Å². The first-order valence-electron chi connectivity index (χ1n) is 8.65. The molecule has 1 N–H and O–H groups in total. The van der Waals surface area contributed by atoms with Crippen LogP contribution in [0, 0.1) is 0 Å². The van der Waals surface area contributed by atoms with Crippen molar-refractivity contribution in [1.29, 1.82) is 0 Å². The Morgan fingerprint density at radius 2 is 2.08 bits per heavy atom. The number of benzene rings is 1. The second-order valence-corrected chi connectivity index (χ2v) is 8.18. The van der Waals surface area contributed by atoms with Crippen molar-refractivity contribution in [3.63, 3.8) is 0 Å². The lowest BCUT2D eigenvalue weighted by Gasteiger charge is -2.19. The van der Waals surface area contributed by atoms with Crippen LogP contribution in [0.15, 0.2) is 29.2 Å². The molecule has 0 unspecified atom stereocenters. The van der Waals surface area contributed by atoms with E-state index in [-0.39, 0.29) is 16.9 Å². The minimum Gasteiger partial charge on any atom is -0.380 e. The third kappa shape index (κ3) is 4.58. The number of hydrogen-bond donors (Lipinski definition) is 1. The molecule has 25 heavy (non-hydrogen) atoms. The standard InChI is InChI=1S/C17H24N2O5S/c20-17(18-13-15-5-2-10-24-15)14-4-1-6-16(12-14)25(21,22)19-7-3-9-23-11-8-19/h1,4,6,12,15H,2-3,5,7-11,13H2,(H,18,20)/t15-/m1/s1. The molecule has 0 radical (unpaired) electrons. The predicted molar refractivity (Wildman–Crippen MR) is 91.9 cm³/mol. The second kappa shape index (κ2) is 8.27. The summed E-state index contributed by atoms with van der Waals surface area (Å²) >= 11 is 0. The van der Waals surface area contributed by atoms with Gasteiger partial charge in [0.05, 0.1) is 17.6 Å². The highest BCUT2D eigenvalue weighted by Gasteiger charge is 2.26. The van der Waals surface area contributed by atoms with Crippen molar-refractivity contribution in [2.24, 2.45) is 0 Å². The molecule has 2 heterocycles. The minimum absolute atomic E-state index is 0.0490. The Balaban J connectivity index is 1.70. The zero-order valence-corrected chi connectivity index (χ0v) is 15.0. The van der Waals surface area contributed by atoms with Crippen LogP contribution in [-0.2, 0) is 19.5 Å². The molecular weight excluding hydrogens is 344 g/mol. The number of hydrogen-bond acceptors (Lipinski definition) is 5. The highest BCUT2D eigenvalue weighted by molar-refractivity contribution is 7.89. The molecule has 0 saturated carbocycles. The highest BCUT2D eigenvalue weighted by Crippen LogP contribution is 2.19. The van der Waals surface area contributed by atoms with Crippen molar-refractivity contribution < 1.29 is 22.7 Å². The number of nitrogens with zero attached hydrogens (tertiary/aromatic N) is 1. The van der Waals surface area contributed by atoms with E-state index in [2.05, 4.69) is 5.32 Å². The first kappa shape index (κ1) is 18.3. The fourth-order valence-electron chi connectivity index (χ4n) is 3.02. The van der Waals surface area contributed by atoms with Crippen LogP contribution in [0.5, 0.6) is 0 Å². The maximum Gasteiger partial charge on any atom is 0.251 e. The SMILES string of the molecule is O=C(NC[C@H]1CCCO1)c1cccc(S(=O)(=O)N2CCCOCC2)c1. The lowest BCUT2D eigenvalue weighted by atomic mass is 10.2. The molecule has 1 aromatic carbocycles. The summed E-state index contributed by atoms with van der Waals surface area (Å²) in [7, 11) is -3.62. The molecule has 3 rings (SSSR count). The van der Waals surface area contributed by atoms with E-state index in [1.54, 1.807) is 12.1 Å². The van der Waals surface area contributed by atoms with Crippen LogP contribution in [0.4, 0.5) is 0 Å². The molecule has 2 fully saturated rings. The number of ether oxygens (including phenoxy) is 2. The Hall–Kier alpha value is -1.48. The number of amides is 1. The molecule has 0 aliphatic carbocycles. The third-order valence-electron chi connectivity index (χ3n) is 4.43. The first-order valence-corrected chi connectivity index (χ1v) is 10.1. The normalized spacial score (nSPS) is 22.5. The lowest BCUT2D eigenvalue weighted by Crippen LogP contribution is -2.34. The van der Waals surface area contributed by atoms with Crippen LogP contribution < -0.4 is 5.32 Å². The van der Waals surface area contributed by atoms with Crippen LogP contribution in [0.3, 0.4) is 0 Å². The summed E-state index contributed by atoms with van der Waals surface area (Å²) in [4.78, 5) is 12.5. The highest BCUT2D eigenvalue weighted by atomic mass is 32.2. The number of carbonyl (C=O) groups excluding carboxylic acids is 1. The van der Waals surface area contributed by atoms with E-state index in [1.165, 1.54) is 16.4 Å². The summed E-state index contributed by atoms with van der Waals surface area (Å²) in [6.45, 7) is 2.89. The number of carbonyl (C=O) groups is 1. The quantitative estimate of drug-likeness (QED) is 0.838. The van der Waals surface area contributed by atoms with E-state index < -0.39 is 10.0 Å². The summed E-state index contributed by atoms with van der Waals surface area (Å²) in [6.07, 6.45) is 2.66. The van der Waals surface area contributed by atoms with Gasteiger partial charge in [-0.2, -0.15) is 4.31 Å². The molecule has 1 atom stereocenters. The van der Waals surface area contributed by atoms with Gasteiger partial charge in [0, 0.05) is 38.4 Å². The van der Waals surface area contributed by atoms with Crippen molar-refractivity contribution in [2.75, 3.05) is 39.5 Å². The van der Waals surface area contributed by atoms with Crippen LogP contribution >= 0.6 is 0 Å². The van der Waals surface area contributed by atoms with Gasteiger partial charge in [0.25, 0.3) is 5.91 Å². The Bertz CT molecular complexity index is 693. The lowest BCUT2D eigenvalue weighted by molar-refractivity contribution is 0.0857. The van der Waals surface area contributed by atoms with E-state index in [1.807, 2.05) is 0 Å².